The van der Waals surface area contributed by atoms with E-state index in [-0.39, 0.29) is 4.99 Å². The molecule has 5 nitrogen and oxygen atoms in total. The summed E-state index contributed by atoms with van der Waals surface area (Å²) in [6, 6.07) is 0. The summed E-state index contributed by atoms with van der Waals surface area (Å²) in [6.07, 6.45) is 8.48. The molecule has 8 heteroatoms. The van der Waals surface area contributed by atoms with Gasteiger partial charge >= 0.3 is 0 Å². The van der Waals surface area contributed by atoms with Crippen LogP contribution in [0.2, 0.25) is 0 Å². The van der Waals surface area contributed by atoms with Gasteiger partial charge in [-0.3, -0.25) is 0 Å². The molecule has 1 aliphatic rings. The number of alkyl halides is 1. The second-order valence-electron chi connectivity index (χ2n) is 5.19. The summed E-state index contributed by atoms with van der Waals surface area (Å²) >= 11 is 6.26. The molecular weight excluding hydrogens is 419 g/mol. The number of unbranched alkanes of at least 4 members (excludes halogenated alkanes) is 2. The molecule has 0 spiro atoms. The lowest BCUT2D eigenvalue weighted by atomic mass is 10.2. The summed E-state index contributed by atoms with van der Waals surface area (Å²) < 4.78 is 1.11. The first-order chi connectivity index (χ1) is 10.1. The predicted octanol–water partition coefficient (Wildman–Crippen LogP) is 3.69. The molecule has 4 N–H and O–H groups in total. The van der Waals surface area contributed by atoms with Crippen LogP contribution < -0.4 is 16.2 Å². The highest BCUT2D eigenvalue weighted by atomic mass is 127. The summed E-state index contributed by atoms with van der Waals surface area (Å²) in [5, 5.41) is 14.8. The molecule has 1 aliphatic heterocycles. The molecule has 0 amide bonds. The van der Waals surface area contributed by atoms with E-state index in [4.69, 9.17) is 5.21 Å². The van der Waals surface area contributed by atoms with E-state index >= 15 is 0 Å². The van der Waals surface area contributed by atoms with Crippen molar-refractivity contribution in [1.82, 2.24) is 16.2 Å². The van der Waals surface area contributed by atoms with Crippen LogP contribution in [0.1, 0.15) is 52.4 Å². The number of hydrazine groups is 1. The first-order valence-electron chi connectivity index (χ1n) is 7.51. The van der Waals surface area contributed by atoms with Crippen LogP contribution in [-0.2, 0) is 0 Å². The molecule has 1 saturated heterocycles. The third-order valence-corrected chi connectivity index (χ3v) is 6.63. The number of hydrogen-bond acceptors (Lipinski definition) is 6. The first kappa shape index (κ1) is 19.7. The fraction of sp³-hybridized carbons (Fsp3) is 0.923. The van der Waals surface area contributed by atoms with Gasteiger partial charge in [0.1, 0.15) is 11.0 Å². The summed E-state index contributed by atoms with van der Waals surface area (Å²) in [5.41, 5.74) is 6.66. The van der Waals surface area contributed by atoms with E-state index in [1.807, 2.05) is 23.5 Å². The van der Waals surface area contributed by atoms with Crippen molar-refractivity contribution in [2.75, 3.05) is 5.75 Å². The van der Waals surface area contributed by atoms with Crippen molar-refractivity contribution < 1.29 is 5.21 Å². The van der Waals surface area contributed by atoms with E-state index < -0.39 is 0 Å². The summed E-state index contributed by atoms with van der Waals surface area (Å²) in [5.74, 6) is 1.17. The SMILES string of the molecule is CCCCC1(N/C=N/O)NNC(SCCCC[C@@H](C)I)S1. The molecule has 0 radical (unpaired) electrons. The highest BCUT2D eigenvalue weighted by molar-refractivity contribution is 14.1. The number of halogens is 1. The molecule has 1 heterocycles. The summed E-state index contributed by atoms with van der Waals surface area (Å²) in [6.45, 7) is 4.45. The van der Waals surface area contributed by atoms with Crippen molar-refractivity contribution in [3.63, 3.8) is 0 Å². The zero-order chi connectivity index (χ0) is 15.6. The average Bonchev–Trinajstić information content (AvgIpc) is 2.86. The Labute approximate surface area is 150 Å². The predicted molar refractivity (Wildman–Crippen MR) is 103 cm³/mol. The second kappa shape index (κ2) is 11.2. The van der Waals surface area contributed by atoms with Crippen LogP contribution in [-0.4, -0.2) is 30.9 Å². The standard InChI is InChI=1S/C13H27IN4OS2/c1-3-4-8-13(15-10-16-19)18-17-12(21-13)20-9-6-5-7-11(2)14/h10-12,17-19H,3-9H2,1-2H3,(H,15,16)/t11-,12?,13?/m1/s1. The number of nitrogens with one attached hydrogen (secondary N) is 3. The average molecular weight is 446 g/mol. The minimum absolute atomic E-state index is 0.267. The minimum Gasteiger partial charge on any atom is -0.410 e. The van der Waals surface area contributed by atoms with E-state index in [0.717, 1.165) is 23.2 Å². The normalized spacial score (nSPS) is 27.3. The third-order valence-electron chi connectivity index (χ3n) is 3.20. The van der Waals surface area contributed by atoms with Gasteiger partial charge < -0.3 is 10.5 Å². The van der Waals surface area contributed by atoms with Gasteiger partial charge in [0.05, 0.1) is 0 Å². The molecule has 3 atom stereocenters. The Hall–Kier alpha value is 0.620. The van der Waals surface area contributed by atoms with E-state index in [1.165, 1.54) is 31.4 Å². The van der Waals surface area contributed by atoms with Gasteiger partial charge in [-0.1, -0.05) is 66.2 Å². The first-order valence-corrected chi connectivity index (χ1v) is 10.7. The number of thioether (sulfide) groups is 2. The van der Waals surface area contributed by atoms with Gasteiger partial charge in [0.15, 0.2) is 4.99 Å². The van der Waals surface area contributed by atoms with Crippen LogP contribution in [0.4, 0.5) is 0 Å². The Morgan fingerprint density at radius 1 is 1.52 bits per heavy atom. The molecule has 0 aliphatic carbocycles. The quantitative estimate of drug-likeness (QED) is 0.0739. The Kier molecular flexibility index (Phi) is 10.5. The van der Waals surface area contributed by atoms with Crippen molar-refractivity contribution in [3.05, 3.63) is 0 Å². The zero-order valence-electron chi connectivity index (χ0n) is 12.8. The highest BCUT2D eigenvalue weighted by Gasteiger charge is 2.38. The lowest BCUT2D eigenvalue weighted by Gasteiger charge is -2.27. The Bertz CT molecular complexity index is 310. The maximum Gasteiger partial charge on any atom is 0.152 e. The number of hydrogen-bond donors (Lipinski definition) is 4. The van der Waals surface area contributed by atoms with Gasteiger partial charge in [-0.15, -0.1) is 11.8 Å². The van der Waals surface area contributed by atoms with Crippen molar-refractivity contribution in [2.24, 2.45) is 5.16 Å². The van der Waals surface area contributed by atoms with E-state index in [0.29, 0.717) is 4.71 Å². The lowest BCUT2D eigenvalue weighted by Crippen LogP contribution is -2.53. The van der Waals surface area contributed by atoms with Crippen molar-refractivity contribution in [2.45, 2.75) is 66.0 Å². The maximum atomic E-state index is 8.62. The molecule has 2 unspecified atom stereocenters. The van der Waals surface area contributed by atoms with Gasteiger partial charge in [-0.25, -0.2) is 10.9 Å². The van der Waals surface area contributed by atoms with Crippen LogP contribution in [0.5, 0.6) is 0 Å². The molecule has 124 valence electrons. The van der Waals surface area contributed by atoms with Crippen molar-refractivity contribution >= 4 is 52.5 Å². The molecule has 1 rings (SSSR count). The fourth-order valence-electron chi connectivity index (χ4n) is 2.03. The molecule has 0 aromatic heterocycles. The summed E-state index contributed by atoms with van der Waals surface area (Å²) in [7, 11) is 0. The number of rotatable bonds is 11. The van der Waals surface area contributed by atoms with Crippen molar-refractivity contribution in [1.29, 1.82) is 0 Å². The smallest absolute Gasteiger partial charge is 0.152 e. The highest BCUT2D eigenvalue weighted by Crippen LogP contribution is 2.37. The zero-order valence-corrected chi connectivity index (χ0v) is 16.6. The monoisotopic (exact) mass is 446 g/mol. The Morgan fingerprint density at radius 2 is 2.33 bits per heavy atom. The van der Waals surface area contributed by atoms with Gasteiger partial charge in [0, 0.05) is 3.92 Å². The van der Waals surface area contributed by atoms with Gasteiger partial charge in [0.25, 0.3) is 0 Å². The molecule has 0 aromatic rings. The van der Waals surface area contributed by atoms with Gasteiger partial charge in [-0.2, -0.15) is 0 Å². The molecular formula is C13H27IN4OS2. The topological polar surface area (TPSA) is 68.7 Å². The second-order valence-corrected chi connectivity index (χ2v) is 10.2. The summed E-state index contributed by atoms with van der Waals surface area (Å²) in [4.78, 5) is -0.267. The maximum absolute atomic E-state index is 8.62. The molecule has 0 bridgehead atoms. The molecule has 0 aromatic carbocycles. The van der Waals surface area contributed by atoms with E-state index in [2.05, 4.69) is 57.8 Å². The minimum atomic E-state index is -0.267. The van der Waals surface area contributed by atoms with Crippen LogP contribution in [0.15, 0.2) is 5.16 Å². The molecule has 1 fully saturated rings. The number of oxime groups is 1. The molecule has 0 saturated carbocycles. The fourth-order valence-corrected chi connectivity index (χ4v) is 5.24. The van der Waals surface area contributed by atoms with E-state index in [1.54, 1.807) is 0 Å². The van der Waals surface area contributed by atoms with Crippen LogP contribution in [0.25, 0.3) is 0 Å². The largest absolute Gasteiger partial charge is 0.410 e. The third kappa shape index (κ3) is 8.15. The number of nitrogens with zero attached hydrogens (tertiary/aromatic N) is 1. The van der Waals surface area contributed by atoms with Crippen LogP contribution in [0, 0.1) is 0 Å². The Balaban J connectivity index is 2.29. The van der Waals surface area contributed by atoms with Crippen LogP contribution in [0.3, 0.4) is 0 Å². The van der Waals surface area contributed by atoms with E-state index in [9.17, 15) is 0 Å². The lowest BCUT2D eigenvalue weighted by molar-refractivity contribution is 0.313. The molecule has 21 heavy (non-hydrogen) atoms. The van der Waals surface area contributed by atoms with Gasteiger partial charge in [-0.05, 0) is 31.4 Å². The van der Waals surface area contributed by atoms with Gasteiger partial charge in [0.2, 0.25) is 0 Å². The Morgan fingerprint density at radius 3 is 3.00 bits per heavy atom. The van der Waals surface area contributed by atoms with Crippen molar-refractivity contribution in [3.8, 4) is 0 Å². The van der Waals surface area contributed by atoms with Crippen LogP contribution >= 0.6 is 46.1 Å².